The number of rotatable bonds is 7. The third-order valence-electron chi connectivity index (χ3n) is 5.08. The van der Waals surface area contributed by atoms with Crippen LogP contribution in [0.3, 0.4) is 0 Å². The van der Waals surface area contributed by atoms with Crippen LogP contribution in [0.1, 0.15) is 31.9 Å². The van der Waals surface area contributed by atoms with Crippen LogP contribution in [-0.4, -0.2) is 42.5 Å². The largest absolute Gasteiger partial charge is 0.447 e. The molecule has 1 fully saturated rings. The molecule has 4 atom stereocenters. The van der Waals surface area contributed by atoms with Crippen LogP contribution in [-0.2, 0) is 18.3 Å². The van der Waals surface area contributed by atoms with Crippen molar-refractivity contribution >= 4 is 13.7 Å². The first-order valence-corrected chi connectivity index (χ1v) is 11.1. The van der Waals surface area contributed by atoms with Crippen molar-refractivity contribution < 1.29 is 23.1 Å². The second-order valence-corrected chi connectivity index (χ2v) is 8.92. The molecule has 0 radical (unpaired) electrons. The number of allylic oxidation sites excluding steroid dienone is 1. The number of amides is 1. The summed E-state index contributed by atoms with van der Waals surface area (Å²) in [5.74, 6) is -0.731. The van der Waals surface area contributed by atoms with E-state index in [0.29, 0.717) is 6.42 Å². The van der Waals surface area contributed by atoms with Gasteiger partial charge in [0, 0.05) is 0 Å². The normalized spacial score (nSPS) is 27.5. The van der Waals surface area contributed by atoms with Gasteiger partial charge in [-0.05, 0) is 25.8 Å². The Hall–Kier alpha value is -2.13. The Morgan fingerprint density at radius 3 is 2.54 bits per heavy atom. The second-order valence-electron chi connectivity index (χ2n) is 6.66. The molecule has 1 amide bonds. The van der Waals surface area contributed by atoms with Crippen molar-refractivity contribution in [2.75, 3.05) is 19.8 Å². The maximum Gasteiger partial charge on any atom is 0.411 e. The molecule has 7 nitrogen and oxygen atoms in total. The predicted octanol–water partition coefficient (Wildman–Crippen LogP) is 4.28. The molecule has 28 heavy (non-hydrogen) atoms. The molecule has 1 heterocycles. The van der Waals surface area contributed by atoms with Crippen molar-refractivity contribution in [1.29, 1.82) is 5.26 Å². The number of cyclic esters (lactones) is 1. The van der Waals surface area contributed by atoms with Crippen LogP contribution in [0.2, 0.25) is 0 Å². The summed E-state index contributed by atoms with van der Waals surface area (Å²) < 4.78 is 29.7. The molecular formula is C20H25N2O5P. The number of hydrogen-bond acceptors (Lipinski definition) is 6. The lowest BCUT2D eigenvalue weighted by Gasteiger charge is -2.39. The number of benzene rings is 1. The first kappa shape index (κ1) is 20.6. The molecule has 0 spiro atoms. The summed E-state index contributed by atoms with van der Waals surface area (Å²) in [5, 5.41) is 9.94. The summed E-state index contributed by atoms with van der Waals surface area (Å²) >= 11 is 0. The van der Waals surface area contributed by atoms with Crippen LogP contribution in [0.15, 0.2) is 42.5 Å². The van der Waals surface area contributed by atoms with Gasteiger partial charge in [0.05, 0.1) is 42.9 Å². The third kappa shape index (κ3) is 3.86. The van der Waals surface area contributed by atoms with E-state index in [2.05, 4.69) is 6.07 Å². The third-order valence-corrected chi connectivity index (χ3v) is 7.66. The maximum absolute atomic E-state index is 13.4. The van der Waals surface area contributed by atoms with Gasteiger partial charge in [-0.2, -0.15) is 5.26 Å². The van der Waals surface area contributed by atoms with Gasteiger partial charge in [-0.25, -0.2) is 4.79 Å². The van der Waals surface area contributed by atoms with E-state index in [9.17, 15) is 14.6 Å². The van der Waals surface area contributed by atoms with E-state index >= 15 is 0 Å². The molecule has 0 aromatic heterocycles. The highest BCUT2D eigenvalue weighted by Gasteiger charge is 2.50. The number of nitriles is 1. The summed E-state index contributed by atoms with van der Waals surface area (Å²) in [5.41, 5.74) is 0.288. The lowest BCUT2D eigenvalue weighted by atomic mass is 9.88. The zero-order valence-corrected chi connectivity index (χ0v) is 17.0. The lowest BCUT2D eigenvalue weighted by Crippen LogP contribution is -2.46. The van der Waals surface area contributed by atoms with Gasteiger partial charge in [0.2, 0.25) is 0 Å². The van der Waals surface area contributed by atoms with Crippen LogP contribution in [0.4, 0.5) is 4.79 Å². The minimum Gasteiger partial charge on any atom is -0.447 e. The Labute approximate surface area is 165 Å². The average molecular weight is 404 g/mol. The molecule has 0 saturated carbocycles. The Bertz CT molecular complexity index is 797. The molecule has 0 unspecified atom stereocenters. The Morgan fingerprint density at radius 1 is 1.25 bits per heavy atom. The number of carbonyl (C=O) groups is 1. The molecule has 8 heteroatoms. The molecule has 1 aliphatic heterocycles. The maximum atomic E-state index is 13.4. The number of hydrogen-bond donors (Lipinski definition) is 0. The SMILES string of the molecule is CCOP(=O)(OCC)[C@H]1CC=C[C@@H](N2C(=O)OC[C@H]2c2ccccc2)[C@@H]1C#N. The lowest BCUT2D eigenvalue weighted by molar-refractivity contribution is 0.138. The van der Waals surface area contributed by atoms with Gasteiger partial charge in [0.15, 0.2) is 0 Å². The molecule has 1 aromatic carbocycles. The Morgan fingerprint density at radius 2 is 1.93 bits per heavy atom. The van der Waals surface area contributed by atoms with E-state index in [1.807, 2.05) is 42.5 Å². The first-order valence-electron chi connectivity index (χ1n) is 9.50. The fourth-order valence-corrected chi connectivity index (χ4v) is 6.08. The molecule has 150 valence electrons. The number of ether oxygens (including phenoxy) is 1. The van der Waals surface area contributed by atoms with Crippen LogP contribution in [0, 0.1) is 17.2 Å². The molecule has 3 rings (SSSR count). The van der Waals surface area contributed by atoms with Gasteiger partial charge in [0.1, 0.15) is 6.61 Å². The first-order chi connectivity index (χ1) is 13.6. The summed E-state index contributed by atoms with van der Waals surface area (Å²) in [7, 11) is -3.51. The smallest absolute Gasteiger partial charge is 0.411 e. The molecule has 2 aliphatic rings. The van der Waals surface area contributed by atoms with E-state index in [1.54, 1.807) is 18.7 Å². The van der Waals surface area contributed by atoms with Crippen molar-refractivity contribution in [1.82, 2.24) is 4.90 Å². The van der Waals surface area contributed by atoms with Crippen LogP contribution in [0.5, 0.6) is 0 Å². The summed E-state index contributed by atoms with van der Waals surface area (Å²) in [6.45, 7) is 4.14. The quantitative estimate of drug-likeness (QED) is 0.498. The summed E-state index contributed by atoms with van der Waals surface area (Å²) in [6, 6.07) is 10.9. The van der Waals surface area contributed by atoms with Crippen LogP contribution < -0.4 is 0 Å². The van der Waals surface area contributed by atoms with E-state index in [4.69, 9.17) is 13.8 Å². The molecule has 1 aliphatic carbocycles. The van der Waals surface area contributed by atoms with Crippen molar-refractivity contribution in [3.05, 3.63) is 48.0 Å². The number of carbonyl (C=O) groups excluding carboxylic acids is 1. The topological polar surface area (TPSA) is 88.9 Å². The van der Waals surface area contributed by atoms with Gasteiger partial charge in [0.25, 0.3) is 0 Å². The molecular weight excluding hydrogens is 379 g/mol. The van der Waals surface area contributed by atoms with Gasteiger partial charge < -0.3 is 13.8 Å². The van der Waals surface area contributed by atoms with Gasteiger partial charge >= 0.3 is 13.7 Å². The van der Waals surface area contributed by atoms with E-state index < -0.39 is 31.3 Å². The van der Waals surface area contributed by atoms with Crippen LogP contribution in [0.25, 0.3) is 0 Å². The van der Waals surface area contributed by atoms with Gasteiger partial charge in [-0.1, -0.05) is 42.5 Å². The molecule has 1 aromatic rings. The summed E-state index contributed by atoms with van der Waals surface area (Å²) in [6.07, 6.45) is 3.59. The van der Waals surface area contributed by atoms with E-state index in [1.165, 1.54) is 0 Å². The molecule has 0 N–H and O–H groups in total. The van der Waals surface area contributed by atoms with Crippen molar-refractivity contribution in [2.24, 2.45) is 5.92 Å². The fourth-order valence-electron chi connectivity index (χ4n) is 3.89. The van der Waals surface area contributed by atoms with Crippen molar-refractivity contribution in [2.45, 2.75) is 38.0 Å². The van der Waals surface area contributed by atoms with E-state index in [0.717, 1.165) is 5.56 Å². The van der Waals surface area contributed by atoms with Crippen molar-refractivity contribution in [3.8, 4) is 6.07 Å². The molecule has 0 bridgehead atoms. The summed E-state index contributed by atoms with van der Waals surface area (Å²) in [4.78, 5) is 14.1. The minimum atomic E-state index is -3.51. The standard InChI is InChI=1S/C20H25N2O5P/c1-3-26-28(24,27-4-2)19-12-8-11-17(16(19)13-21)22-18(14-25-20(22)23)15-9-6-5-7-10-15/h5-11,16-19H,3-4,12,14H2,1-2H3/t16-,17+,18-,19-/m0/s1. The minimum absolute atomic E-state index is 0.213. The Balaban J connectivity index is 1.95. The second kappa shape index (κ2) is 8.91. The monoisotopic (exact) mass is 404 g/mol. The zero-order chi connectivity index (χ0) is 20.1. The van der Waals surface area contributed by atoms with Gasteiger partial charge in [-0.3, -0.25) is 9.46 Å². The molecule has 1 saturated heterocycles. The zero-order valence-electron chi connectivity index (χ0n) is 16.1. The highest BCUT2D eigenvalue weighted by Crippen LogP contribution is 2.59. The Kier molecular flexibility index (Phi) is 6.56. The number of nitrogens with zero attached hydrogens (tertiary/aromatic N) is 2. The highest BCUT2D eigenvalue weighted by molar-refractivity contribution is 7.54. The average Bonchev–Trinajstić information content (AvgIpc) is 3.09. The van der Waals surface area contributed by atoms with E-state index in [-0.39, 0.29) is 25.9 Å². The van der Waals surface area contributed by atoms with Crippen LogP contribution >= 0.6 is 7.60 Å². The predicted molar refractivity (Wildman–Crippen MR) is 104 cm³/mol. The van der Waals surface area contributed by atoms with Crippen molar-refractivity contribution in [3.63, 3.8) is 0 Å². The van der Waals surface area contributed by atoms with Gasteiger partial charge in [-0.15, -0.1) is 0 Å². The highest BCUT2D eigenvalue weighted by atomic mass is 31.2. The fraction of sp³-hybridized carbons (Fsp3) is 0.500.